The predicted molar refractivity (Wildman–Crippen MR) is 103 cm³/mol. The van der Waals surface area contributed by atoms with Gasteiger partial charge in [0.1, 0.15) is 17.2 Å². The van der Waals surface area contributed by atoms with Gasteiger partial charge in [-0.2, -0.15) is 0 Å². The number of ether oxygens (including phenoxy) is 1. The van der Waals surface area contributed by atoms with Gasteiger partial charge in [0.25, 0.3) is 5.91 Å². The molecule has 1 aliphatic heterocycles. The number of aliphatic hydroxyl groups is 1. The minimum Gasteiger partial charge on any atom is -0.487 e. The fourth-order valence-corrected chi connectivity index (χ4v) is 3.67. The lowest BCUT2D eigenvalue weighted by atomic mass is 9.91. The Morgan fingerprint density at radius 3 is 2.70 bits per heavy atom. The number of aliphatic hydroxyl groups excluding tert-OH is 1. The van der Waals surface area contributed by atoms with E-state index in [2.05, 4.69) is 0 Å². The molecule has 0 radical (unpaired) electrons. The highest BCUT2D eigenvalue weighted by Gasteiger charge is 2.36. The van der Waals surface area contributed by atoms with Crippen LogP contribution in [0.3, 0.4) is 0 Å². The summed E-state index contributed by atoms with van der Waals surface area (Å²) in [5, 5.41) is 9.22. The number of halogens is 1. The van der Waals surface area contributed by atoms with Crippen LogP contribution in [0.5, 0.6) is 5.75 Å². The molecular formula is C22H26FNO3. The molecule has 1 heterocycles. The van der Waals surface area contributed by atoms with Crippen molar-refractivity contribution in [3.8, 4) is 5.75 Å². The van der Waals surface area contributed by atoms with E-state index in [9.17, 15) is 14.3 Å². The Balaban J connectivity index is 1.80. The quantitative estimate of drug-likeness (QED) is 0.844. The zero-order valence-electron chi connectivity index (χ0n) is 16.0. The van der Waals surface area contributed by atoms with Gasteiger partial charge < -0.3 is 14.7 Å². The van der Waals surface area contributed by atoms with E-state index in [1.165, 1.54) is 6.07 Å². The summed E-state index contributed by atoms with van der Waals surface area (Å²) in [4.78, 5) is 14.4. The van der Waals surface area contributed by atoms with Crippen molar-refractivity contribution in [1.82, 2.24) is 4.90 Å². The molecule has 0 spiro atoms. The Morgan fingerprint density at radius 2 is 2.04 bits per heavy atom. The summed E-state index contributed by atoms with van der Waals surface area (Å²) in [7, 11) is 0. The van der Waals surface area contributed by atoms with E-state index in [4.69, 9.17) is 4.74 Å². The van der Waals surface area contributed by atoms with Crippen LogP contribution < -0.4 is 4.74 Å². The average Bonchev–Trinajstić information content (AvgIpc) is 2.95. The maximum atomic E-state index is 14.0. The summed E-state index contributed by atoms with van der Waals surface area (Å²) >= 11 is 0. The molecule has 0 bridgehead atoms. The minimum atomic E-state index is -0.547. The summed E-state index contributed by atoms with van der Waals surface area (Å²) in [5.74, 6) is 0.402. The van der Waals surface area contributed by atoms with Crippen molar-refractivity contribution in [1.29, 1.82) is 0 Å². The Morgan fingerprint density at radius 1 is 1.30 bits per heavy atom. The van der Waals surface area contributed by atoms with Crippen LogP contribution in [0.1, 0.15) is 42.3 Å². The highest BCUT2D eigenvalue weighted by Crippen LogP contribution is 2.38. The van der Waals surface area contributed by atoms with Crippen LogP contribution in [0.2, 0.25) is 0 Å². The molecule has 2 aromatic carbocycles. The predicted octanol–water partition coefficient (Wildman–Crippen LogP) is 3.60. The van der Waals surface area contributed by atoms with Crippen molar-refractivity contribution in [2.75, 3.05) is 13.2 Å². The SMILES string of the molecule is CC(C)N(CCO)C(=O)c1ccc2c(c1)CC(C)(Cc1ccccc1F)O2. The normalized spacial score (nSPS) is 18.3. The second-order valence-corrected chi connectivity index (χ2v) is 7.64. The molecule has 1 amide bonds. The fourth-order valence-electron chi connectivity index (χ4n) is 3.67. The summed E-state index contributed by atoms with van der Waals surface area (Å²) in [6.07, 6.45) is 1.07. The van der Waals surface area contributed by atoms with Crippen LogP contribution >= 0.6 is 0 Å². The molecule has 0 saturated carbocycles. The molecule has 0 aliphatic carbocycles. The smallest absolute Gasteiger partial charge is 0.254 e. The van der Waals surface area contributed by atoms with Crippen molar-refractivity contribution in [2.45, 2.75) is 45.3 Å². The first-order chi connectivity index (χ1) is 12.8. The molecule has 144 valence electrons. The molecule has 5 heteroatoms. The van der Waals surface area contributed by atoms with Gasteiger partial charge in [0, 0.05) is 31.0 Å². The lowest BCUT2D eigenvalue weighted by molar-refractivity contribution is 0.0665. The second kappa shape index (κ2) is 7.69. The average molecular weight is 371 g/mol. The summed E-state index contributed by atoms with van der Waals surface area (Å²) < 4.78 is 20.1. The molecule has 3 rings (SSSR count). The standard InChI is InChI=1S/C22H26FNO3/c1-15(2)24(10-11-25)21(26)16-8-9-20-18(12-16)14-22(3,27-20)13-17-6-4-5-7-19(17)23/h4-9,12,15,25H,10-11,13-14H2,1-3H3. The Hall–Kier alpha value is -2.40. The summed E-state index contributed by atoms with van der Waals surface area (Å²) in [6, 6.07) is 12.2. The molecule has 1 unspecified atom stereocenters. The van der Waals surface area contributed by atoms with Gasteiger partial charge in [-0.15, -0.1) is 0 Å². The minimum absolute atomic E-state index is 0.000441. The molecule has 0 fully saturated rings. The monoisotopic (exact) mass is 371 g/mol. The number of carbonyl (C=O) groups is 1. The van der Waals surface area contributed by atoms with E-state index in [-0.39, 0.29) is 24.4 Å². The molecular weight excluding hydrogens is 345 g/mol. The highest BCUT2D eigenvalue weighted by atomic mass is 19.1. The van der Waals surface area contributed by atoms with Crippen LogP contribution in [-0.2, 0) is 12.8 Å². The van der Waals surface area contributed by atoms with Crippen molar-refractivity contribution in [2.24, 2.45) is 0 Å². The molecule has 4 nitrogen and oxygen atoms in total. The first-order valence-electron chi connectivity index (χ1n) is 9.30. The molecule has 1 N–H and O–H groups in total. The lowest BCUT2D eigenvalue weighted by Gasteiger charge is -2.26. The van der Waals surface area contributed by atoms with E-state index in [0.717, 1.165) is 11.3 Å². The van der Waals surface area contributed by atoms with Gasteiger partial charge in [-0.05, 0) is 56.2 Å². The van der Waals surface area contributed by atoms with Gasteiger partial charge in [-0.25, -0.2) is 4.39 Å². The second-order valence-electron chi connectivity index (χ2n) is 7.64. The number of carbonyl (C=O) groups excluding carboxylic acids is 1. The Bertz CT molecular complexity index is 836. The number of nitrogens with zero attached hydrogens (tertiary/aromatic N) is 1. The molecule has 0 aromatic heterocycles. The zero-order chi connectivity index (χ0) is 19.6. The first-order valence-corrected chi connectivity index (χ1v) is 9.30. The summed E-state index contributed by atoms with van der Waals surface area (Å²) in [5.41, 5.74) is 1.61. The molecule has 27 heavy (non-hydrogen) atoms. The summed E-state index contributed by atoms with van der Waals surface area (Å²) in [6.45, 7) is 6.05. The maximum Gasteiger partial charge on any atom is 0.254 e. The van der Waals surface area contributed by atoms with Crippen LogP contribution in [0.15, 0.2) is 42.5 Å². The van der Waals surface area contributed by atoms with Crippen LogP contribution in [0.25, 0.3) is 0 Å². The molecule has 1 atom stereocenters. The Labute approximate surface area is 159 Å². The van der Waals surface area contributed by atoms with Gasteiger partial charge in [0.2, 0.25) is 0 Å². The number of hydrogen-bond donors (Lipinski definition) is 1. The van der Waals surface area contributed by atoms with E-state index < -0.39 is 5.60 Å². The molecule has 1 aliphatic rings. The van der Waals surface area contributed by atoms with Crippen LogP contribution in [-0.4, -0.2) is 40.7 Å². The van der Waals surface area contributed by atoms with E-state index >= 15 is 0 Å². The lowest BCUT2D eigenvalue weighted by Crippen LogP contribution is -2.39. The van der Waals surface area contributed by atoms with Crippen molar-refractivity contribution in [3.63, 3.8) is 0 Å². The van der Waals surface area contributed by atoms with Crippen LogP contribution in [0, 0.1) is 5.82 Å². The van der Waals surface area contributed by atoms with Gasteiger partial charge in [-0.1, -0.05) is 18.2 Å². The van der Waals surface area contributed by atoms with Gasteiger partial charge >= 0.3 is 0 Å². The van der Waals surface area contributed by atoms with E-state index in [1.807, 2.05) is 39.0 Å². The van der Waals surface area contributed by atoms with Crippen molar-refractivity contribution in [3.05, 3.63) is 65.0 Å². The topological polar surface area (TPSA) is 49.8 Å². The maximum absolute atomic E-state index is 14.0. The third-order valence-electron chi connectivity index (χ3n) is 4.98. The fraction of sp³-hybridized carbons (Fsp3) is 0.409. The zero-order valence-corrected chi connectivity index (χ0v) is 16.0. The number of amides is 1. The van der Waals surface area contributed by atoms with Gasteiger partial charge in [0.05, 0.1) is 6.61 Å². The third kappa shape index (κ3) is 4.14. The van der Waals surface area contributed by atoms with Crippen molar-refractivity contribution < 1.29 is 19.0 Å². The van der Waals surface area contributed by atoms with E-state index in [1.54, 1.807) is 23.1 Å². The molecule has 0 saturated heterocycles. The number of hydrogen-bond acceptors (Lipinski definition) is 3. The number of rotatable bonds is 6. The van der Waals surface area contributed by atoms with Crippen LogP contribution in [0.4, 0.5) is 4.39 Å². The largest absolute Gasteiger partial charge is 0.487 e. The first kappa shape index (κ1) is 19.4. The Kier molecular flexibility index (Phi) is 5.51. The molecule has 2 aromatic rings. The van der Waals surface area contributed by atoms with Gasteiger partial charge in [0.15, 0.2) is 0 Å². The third-order valence-corrected chi connectivity index (χ3v) is 4.98. The van der Waals surface area contributed by atoms with Gasteiger partial charge in [-0.3, -0.25) is 4.79 Å². The van der Waals surface area contributed by atoms with Crippen molar-refractivity contribution >= 4 is 5.91 Å². The number of benzene rings is 2. The highest BCUT2D eigenvalue weighted by molar-refractivity contribution is 5.95. The van der Waals surface area contributed by atoms with E-state index in [0.29, 0.717) is 30.5 Å². The number of fused-ring (bicyclic) bond motifs is 1.